The minimum absolute atomic E-state index is 0.101. The van der Waals surface area contributed by atoms with Crippen LogP contribution in [0.1, 0.15) is 47.6 Å². The van der Waals surface area contributed by atoms with Crippen molar-refractivity contribution in [3.05, 3.63) is 64.2 Å². The van der Waals surface area contributed by atoms with Gasteiger partial charge in [0.1, 0.15) is 0 Å². The summed E-state index contributed by atoms with van der Waals surface area (Å²) in [5.41, 5.74) is 6.27. The van der Waals surface area contributed by atoms with E-state index in [0.29, 0.717) is 0 Å². The molecular weight excluding hydrogens is 392 g/mol. The number of aryl methyl sites for hydroxylation is 3. The van der Waals surface area contributed by atoms with Gasteiger partial charge in [0.2, 0.25) is 0 Å². The summed E-state index contributed by atoms with van der Waals surface area (Å²) in [6.07, 6.45) is 1.93. The van der Waals surface area contributed by atoms with Gasteiger partial charge in [0.05, 0.1) is 34.8 Å². The normalized spacial score (nSPS) is 13.8. The molecule has 2 unspecified atom stereocenters. The van der Waals surface area contributed by atoms with E-state index in [1.807, 2.05) is 6.08 Å². The van der Waals surface area contributed by atoms with Crippen molar-refractivity contribution >= 4 is 31.9 Å². The number of aliphatic hydroxyl groups is 2. The second kappa shape index (κ2) is 11.3. The monoisotopic (exact) mass is 426 g/mol. The van der Waals surface area contributed by atoms with Gasteiger partial charge in [-0.3, -0.25) is 4.79 Å². The molecule has 0 saturated carbocycles. The van der Waals surface area contributed by atoms with Crippen LogP contribution in [-0.4, -0.2) is 44.5 Å². The highest BCUT2D eigenvalue weighted by molar-refractivity contribution is 6.69. The summed E-state index contributed by atoms with van der Waals surface area (Å²) in [5.74, 6) is -0.447. The van der Waals surface area contributed by atoms with Crippen molar-refractivity contribution in [2.45, 2.75) is 59.7 Å². The zero-order chi connectivity index (χ0) is 22.3. The Hall–Kier alpha value is -2.21. The molecule has 2 aromatic rings. The van der Waals surface area contributed by atoms with Gasteiger partial charge in [-0.25, -0.2) is 0 Å². The van der Waals surface area contributed by atoms with Gasteiger partial charge in [0.25, 0.3) is 0 Å². The molecule has 0 radical (unpaired) electrons. The lowest BCUT2D eigenvalue weighted by atomic mass is 10.0. The molecule has 0 amide bonds. The molecule has 0 aliphatic rings. The average molecular weight is 427 g/mol. The Labute approximate surface area is 182 Å². The summed E-state index contributed by atoms with van der Waals surface area (Å²) < 4.78 is 4.85. The van der Waals surface area contributed by atoms with Crippen LogP contribution in [-0.2, 0) is 9.53 Å². The fourth-order valence-electron chi connectivity index (χ4n) is 3.61. The van der Waals surface area contributed by atoms with E-state index in [1.165, 1.54) is 32.6 Å². The van der Waals surface area contributed by atoms with Crippen LogP contribution in [0.4, 0.5) is 0 Å². The number of carbonyl (C=O) groups excluding carboxylic acids is 1. The summed E-state index contributed by atoms with van der Waals surface area (Å²) in [4.78, 5) is 11.5. The quantitative estimate of drug-likeness (QED) is 0.476. The van der Waals surface area contributed by atoms with Crippen molar-refractivity contribution in [1.29, 1.82) is 0 Å². The molecule has 2 rings (SSSR count). The number of rotatable bonds is 9. The maximum atomic E-state index is 11.5. The highest BCUT2D eigenvalue weighted by atomic mass is 28.2. The molecular formula is C25H34O4Si. The summed E-state index contributed by atoms with van der Waals surface area (Å²) in [6, 6.07) is 10.8. The fraction of sp³-hybridized carbons (Fsp3) is 0.400. The zero-order valence-corrected chi connectivity index (χ0v) is 20.1. The summed E-state index contributed by atoms with van der Waals surface area (Å²) in [5, 5.41) is 23.2. The van der Waals surface area contributed by atoms with Crippen molar-refractivity contribution in [3.8, 4) is 0 Å². The summed E-state index contributed by atoms with van der Waals surface area (Å²) >= 11 is 0. The summed E-state index contributed by atoms with van der Waals surface area (Å²) in [7, 11) is -0.695. The molecule has 162 valence electrons. The van der Waals surface area contributed by atoms with Gasteiger partial charge in [0.15, 0.2) is 0 Å². The van der Waals surface area contributed by atoms with Crippen molar-refractivity contribution in [3.63, 3.8) is 0 Å². The summed E-state index contributed by atoms with van der Waals surface area (Å²) in [6.45, 7) is 10.6. The standard InChI is InChI=1S/C25H34O4Si/c1-6-29-24(28)15-21(27)14-20(26)12-13-22-17(3)10-11-18(4)25(22)30-23-9-7-8-16(2)19(23)5/h7-13,20-21,26-27H,6,14-15,30H2,1-5H3. The van der Waals surface area contributed by atoms with E-state index in [4.69, 9.17) is 4.74 Å². The Morgan fingerprint density at radius 3 is 2.47 bits per heavy atom. The number of carbonyl (C=O) groups is 1. The molecule has 0 spiro atoms. The maximum Gasteiger partial charge on any atom is 0.308 e. The number of benzene rings is 2. The smallest absolute Gasteiger partial charge is 0.308 e. The number of aliphatic hydroxyl groups excluding tert-OH is 2. The van der Waals surface area contributed by atoms with Crippen LogP contribution in [0.25, 0.3) is 6.08 Å². The Bertz CT molecular complexity index is 904. The predicted octanol–water partition coefficient (Wildman–Crippen LogP) is 2.12. The lowest BCUT2D eigenvalue weighted by Crippen LogP contribution is -2.33. The Morgan fingerprint density at radius 2 is 1.77 bits per heavy atom. The zero-order valence-electron chi connectivity index (χ0n) is 18.7. The van der Waals surface area contributed by atoms with E-state index in [0.717, 1.165) is 5.56 Å². The van der Waals surface area contributed by atoms with Crippen molar-refractivity contribution in [2.75, 3.05) is 6.61 Å². The van der Waals surface area contributed by atoms with E-state index in [-0.39, 0.29) is 19.4 Å². The van der Waals surface area contributed by atoms with Crippen LogP contribution in [0.5, 0.6) is 0 Å². The number of hydrogen-bond acceptors (Lipinski definition) is 4. The van der Waals surface area contributed by atoms with Crippen molar-refractivity contribution in [1.82, 2.24) is 0 Å². The van der Waals surface area contributed by atoms with Gasteiger partial charge in [-0.15, -0.1) is 0 Å². The van der Waals surface area contributed by atoms with Crippen LogP contribution in [0, 0.1) is 27.7 Å². The second-order valence-corrected chi connectivity index (χ2v) is 9.77. The third-order valence-corrected chi connectivity index (χ3v) is 8.04. The Morgan fingerprint density at radius 1 is 1.07 bits per heavy atom. The van der Waals surface area contributed by atoms with Crippen LogP contribution < -0.4 is 10.4 Å². The van der Waals surface area contributed by atoms with E-state index in [1.54, 1.807) is 13.0 Å². The van der Waals surface area contributed by atoms with Crippen molar-refractivity contribution < 1.29 is 19.7 Å². The van der Waals surface area contributed by atoms with E-state index >= 15 is 0 Å². The molecule has 4 nitrogen and oxygen atoms in total. The van der Waals surface area contributed by atoms with Gasteiger partial charge < -0.3 is 14.9 Å². The van der Waals surface area contributed by atoms with E-state index in [2.05, 4.69) is 58.0 Å². The molecule has 2 atom stereocenters. The highest BCUT2D eigenvalue weighted by Crippen LogP contribution is 2.13. The molecule has 0 aliphatic carbocycles. The fourth-order valence-corrected chi connectivity index (χ4v) is 5.77. The average Bonchev–Trinajstić information content (AvgIpc) is 2.67. The lowest BCUT2D eigenvalue weighted by molar-refractivity contribution is -0.145. The minimum atomic E-state index is -0.925. The minimum Gasteiger partial charge on any atom is -0.466 e. The first-order valence-corrected chi connectivity index (χ1v) is 12.0. The molecule has 2 N–H and O–H groups in total. The SMILES string of the molecule is CCOC(=O)CC(O)CC(O)C=Cc1c(C)ccc(C)c1[SiH2]c1cccc(C)c1C. The highest BCUT2D eigenvalue weighted by Gasteiger charge is 2.16. The molecule has 30 heavy (non-hydrogen) atoms. The first-order chi connectivity index (χ1) is 14.2. The molecule has 0 fully saturated rings. The first kappa shape index (κ1) is 24.1. The molecule has 0 aromatic heterocycles. The predicted molar refractivity (Wildman–Crippen MR) is 127 cm³/mol. The van der Waals surface area contributed by atoms with Gasteiger partial charge >= 0.3 is 5.97 Å². The third-order valence-electron chi connectivity index (χ3n) is 5.60. The molecule has 5 heteroatoms. The van der Waals surface area contributed by atoms with Crippen LogP contribution in [0.15, 0.2) is 36.4 Å². The van der Waals surface area contributed by atoms with Crippen LogP contribution in [0.2, 0.25) is 0 Å². The largest absolute Gasteiger partial charge is 0.466 e. The Balaban J connectivity index is 2.20. The third kappa shape index (κ3) is 6.66. The lowest BCUT2D eigenvalue weighted by Gasteiger charge is -2.16. The van der Waals surface area contributed by atoms with E-state index < -0.39 is 27.7 Å². The van der Waals surface area contributed by atoms with Gasteiger partial charge in [0, 0.05) is 6.42 Å². The number of ether oxygens (including phenoxy) is 1. The topological polar surface area (TPSA) is 66.8 Å². The maximum absolute atomic E-state index is 11.5. The number of esters is 1. The number of hydrogen-bond donors (Lipinski definition) is 2. The molecule has 0 aliphatic heterocycles. The molecule has 0 heterocycles. The van der Waals surface area contributed by atoms with Crippen LogP contribution >= 0.6 is 0 Å². The van der Waals surface area contributed by atoms with Crippen molar-refractivity contribution in [2.24, 2.45) is 0 Å². The molecule has 0 bridgehead atoms. The molecule has 0 saturated heterocycles. The Kier molecular flexibility index (Phi) is 9.02. The van der Waals surface area contributed by atoms with Gasteiger partial charge in [-0.2, -0.15) is 0 Å². The second-order valence-electron chi connectivity index (χ2n) is 7.95. The van der Waals surface area contributed by atoms with Crippen LogP contribution in [0.3, 0.4) is 0 Å². The molecule has 2 aromatic carbocycles. The first-order valence-electron chi connectivity index (χ1n) is 10.6. The van der Waals surface area contributed by atoms with Gasteiger partial charge in [-0.1, -0.05) is 58.4 Å². The van der Waals surface area contributed by atoms with Gasteiger partial charge in [-0.05, 0) is 56.9 Å². The van der Waals surface area contributed by atoms with E-state index in [9.17, 15) is 15.0 Å².